The molecular weight excluding hydrogens is 446 g/mol. The van der Waals surface area contributed by atoms with Crippen LogP contribution in [0.1, 0.15) is 19.7 Å². The number of hydrogen-bond donors (Lipinski definition) is 2. The van der Waals surface area contributed by atoms with Crippen molar-refractivity contribution in [1.29, 1.82) is 5.26 Å². The highest BCUT2D eigenvalue weighted by Crippen LogP contribution is 2.30. The van der Waals surface area contributed by atoms with Crippen molar-refractivity contribution in [1.82, 2.24) is 19.5 Å². The van der Waals surface area contributed by atoms with Crippen LogP contribution in [0, 0.1) is 11.3 Å². The minimum Gasteiger partial charge on any atom is -0.510 e. The Morgan fingerprint density at radius 1 is 1.12 bits per heavy atom. The Morgan fingerprint density at radius 3 is 2.53 bits per heavy atom. The molecule has 0 fully saturated rings. The number of nitriles is 1. The van der Waals surface area contributed by atoms with Crippen LogP contribution in [-0.4, -0.2) is 29.9 Å². The summed E-state index contributed by atoms with van der Waals surface area (Å²) in [7, 11) is 0. The molecule has 7 nitrogen and oxygen atoms in total. The summed E-state index contributed by atoms with van der Waals surface area (Å²) in [5, 5.41) is 23.2. The Bertz CT molecular complexity index is 1660. The Labute approximate surface area is 199 Å². The van der Waals surface area contributed by atoms with Gasteiger partial charge in [0.1, 0.15) is 17.4 Å². The Balaban J connectivity index is 1.57. The van der Waals surface area contributed by atoms with Gasteiger partial charge in [0.25, 0.3) is 5.56 Å². The summed E-state index contributed by atoms with van der Waals surface area (Å²) in [6.07, 6.45) is 0. The molecule has 0 spiro atoms. The minimum atomic E-state index is -0.537. The van der Waals surface area contributed by atoms with Crippen molar-refractivity contribution in [3.05, 3.63) is 82.6 Å². The van der Waals surface area contributed by atoms with E-state index < -0.39 is 5.25 Å². The van der Waals surface area contributed by atoms with E-state index in [2.05, 4.69) is 16.0 Å². The van der Waals surface area contributed by atoms with E-state index >= 15 is 0 Å². The largest absolute Gasteiger partial charge is 0.510 e. The fourth-order valence-corrected chi connectivity index (χ4v) is 5.01. The molecule has 0 aliphatic carbocycles. The number of para-hydroxylation sites is 2. The van der Waals surface area contributed by atoms with Crippen LogP contribution in [-0.2, 0) is 6.54 Å². The van der Waals surface area contributed by atoms with E-state index in [0.717, 1.165) is 16.3 Å². The molecule has 0 bridgehead atoms. The second-order valence-electron chi connectivity index (χ2n) is 7.89. The maximum absolute atomic E-state index is 13.3. The van der Waals surface area contributed by atoms with Gasteiger partial charge in [-0.1, -0.05) is 48.2 Å². The van der Waals surface area contributed by atoms with Crippen molar-refractivity contribution >= 4 is 50.0 Å². The number of nitrogens with one attached hydrogen (secondary N) is 1. The second kappa shape index (κ2) is 8.69. The number of aliphatic hydroxyl groups excluding tert-OH is 1. The molecule has 5 rings (SSSR count). The summed E-state index contributed by atoms with van der Waals surface area (Å²) >= 11 is 1.23. The normalized spacial score (nSPS) is 13.2. The Kier molecular flexibility index (Phi) is 5.56. The zero-order valence-corrected chi connectivity index (χ0v) is 19.4. The minimum absolute atomic E-state index is 0.0633. The first-order valence-electron chi connectivity index (χ1n) is 10.9. The number of thioether (sulfide) groups is 1. The van der Waals surface area contributed by atoms with E-state index in [0.29, 0.717) is 33.9 Å². The second-order valence-corrected chi connectivity index (χ2v) is 9.20. The van der Waals surface area contributed by atoms with Gasteiger partial charge in [0, 0.05) is 6.54 Å². The third-order valence-electron chi connectivity index (χ3n) is 5.76. The van der Waals surface area contributed by atoms with Gasteiger partial charge in [0.15, 0.2) is 11.0 Å². The lowest BCUT2D eigenvalue weighted by atomic mass is 10.1. The number of rotatable bonds is 5. The van der Waals surface area contributed by atoms with Gasteiger partial charge in [-0.05, 0) is 48.9 Å². The topological polar surface area (TPSA) is 108 Å². The van der Waals surface area contributed by atoms with Crippen LogP contribution in [0.5, 0.6) is 0 Å². The average Bonchev–Trinajstić information content (AvgIpc) is 3.27. The summed E-state index contributed by atoms with van der Waals surface area (Å²) in [4.78, 5) is 25.5. The van der Waals surface area contributed by atoms with E-state index in [-0.39, 0.29) is 16.9 Å². The third-order valence-corrected chi connectivity index (χ3v) is 6.86. The summed E-state index contributed by atoms with van der Waals surface area (Å²) in [5.41, 5.74) is 2.02. The summed E-state index contributed by atoms with van der Waals surface area (Å²) < 4.78 is 1.60. The molecule has 8 heteroatoms. The maximum atomic E-state index is 13.3. The fourth-order valence-electron chi connectivity index (χ4n) is 3.98. The number of hydrogen-bond acceptors (Lipinski definition) is 6. The van der Waals surface area contributed by atoms with Gasteiger partial charge >= 0.3 is 0 Å². The third kappa shape index (κ3) is 3.70. The highest BCUT2D eigenvalue weighted by atomic mass is 32.2. The molecule has 0 aliphatic rings. The van der Waals surface area contributed by atoms with Gasteiger partial charge in [-0.3, -0.25) is 9.36 Å². The van der Waals surface area contributed by atoms with Gasteiger partial charge in [-0.25, -0.2) is 9.97 Å². The molecule has 2 heterocycles. The van der Waals surface area contributed by atoms with Crippen molar-refractivity contribution in [2.24, 2.45) is 0 Å². The average molecular weight is 468 g/mol. The van der Waals surface area contributed by atoms with Crippen LogP contribution >= 0.6 is 11.8 Å². The van der Waals surface area contributed by atoms with Crippen molar-refractivity contribution in [3.8, 4) is 6.07 Å². The van der Waals surface area contributed by atoms with Crippen molar-refractivity contribution in [2.75, 3.05) is 0 Å². The molecule has 0 amide bonds. The van der Waals surface area contributed by atoms with E-state index in [1.807, 2.05) is 67.6 Å². The molecule has 2 N–H and O–H groups in total. The first-order chi connectivity index (χ1) is 16.5. The lowest BCUT2D eigenvalue weighted by molar-refractivity contribution is 0.401. The molecule has 2 aromatic heterocycles. The van der Waals surface area contributed by atoms with Gasteiger partial charge in [0.2, 0.25) is 0 Å². The van der Waals surface area contributed by atoms with Gasteiger partial charge in [0.05, 0.1) is 27.2 Å². The van der Waals surface area contributed by atoms with Gasteiger partial charge in [-0.2, -0.15) is 5.26 Å². The van der Waals surface area contributed by atoms with Crippen LogP contribution in [0.3, 0.4) is 0 Å². The van der Waals surface area contributed by atoms with Crippen molar-refractivity contribution in [3.63, 3.8) is 0 Å². The molecule has 5 aromatic rings. The van der Waals surface area contributed by atoms with Crippen molar-refractivity contribution in [2.45, 2.75) is 30.8 Å². The summed E-state index contributed by atoms with van der Waals surface area (Å²) in [6, 6.07) is 21.1. The molecule has 0 aliphatic heterocycles. The molecule has 168 valence electrons. The van der Waals surface area contributed by atoms with Gasteiger partial charge in [-0.15, -0.1) is 0 Å². The Morgan fingerprint density at radius 2 is 1.82 bits per heavy atom. The standard InChI is InChI=1S/C26H21N5O2S/c1-3-31-25(33)18-12-16-8-4-5-9-17(16)13-22(18)30-26(31)34-15(2)23(32)19(14-27)24-28-20-10-6-7-11-21(20)29-24/h4-13,15,32H,3H2,1-2H3,(H,28,29)/b23-19-. The molecule has 0 radical (unpaired) electrons. The molecule has 0 saturated carbocycles. The predicted octanol–water partition coefficient (Wildman–Crippen LogP) is 5.42. The molecule has 0 saturated heterocycles. The van der Waals surface area contributed by atoms with Gasteiger partial charge < -0.3 is 10.1 Å². The number of imidazole rings is 1. The molecule has 1 atom stereocenters. The number of H-pyrrole nitrogens is 1. The number of aliphatic hydroxyl groups is 1. The Hall–Kier alpha value is -4.09. The number of aromatic amines is 1. The van der Waals surface area contributed by atoms with E-state index in [9.17, 15) is 15.2 Å². The molecule has 3 aromatic carbocycles. The highest BCUT2D eigenvalue weighted by molar-refractivity contribution is 7.99. The van der Waals surface area contributed by atoms with E-state index in [4.69, 9.17) is 4.98 Å². The summed E-state index contributed by atoms with van der Waals surface area (Å²) in [5.74, 6) is 0.182. The van der Waals surface area contributed by atoms with Crippen LogP contribution < -0.4 is 5.56 Å². The molecule has 34 heavy (non-hydrogen) atoms. The zero-order valence-electron chi connectivity index (χ0n) is 18.6. The van der Waals surface area contributed by atoms with Crippen LogP contribution in [0.2, 0.25) is 0 Å². The molecular formula is C26H21N5O2S. The smallest absolute Gasteiger partial charge is 0.262 e. The van der Waals surface area contributed by atoms with E-state index in [1.165, 1.54) is 11.8 Å². The number of benzene rings is 3. The monoisotopic (exact) mass is 467 g/mol. The number of allylic oxidation sites excluding steroid dienone is 1. The summed E-state index contributed by atoms with van der Waals surface area (Å²) in [6.45, 7) is 4.09. The fraction of sp³-hybridized carbons (Fsp3) is 0.154. The lowest BCUT2D eigenvalue weighted by Gasteiger charge is -2.16. The number of fused-ring (bicyclic) bond motifs is 3. The maximum Gasteiger partial charge on any atom is 0.262 e. The van der Waals surface area contributed by atoms with Crippen molar-refractivity contribution < 1.29 is 5.11 Å². The number of nitrogens with zero attached hydrogens (tertiary/aromatic N) is 4. The lowest BCUT2D eigenvalue weighted by Crippen LogP contribution is -2.23. The van der Waals surface area contributed by atoms with E-state index in [1.54, 1.807) is 11.5 Å². The van der Waals surface area contributed by atoms with Crippen LogP contribution in [0.4, 0.5) is 0 Å². The SMILES string of the molecule is CCn1c(SC(C)/C(O)=C(\C#N)c2nc3ccccc3[nH]2)nc2cc3ccccc3cc2c1=O. The first-order valence-corrected chi connectivity index (χ1v) is 11.8. The molecule has 1 unspecified atom stereocenters. The highest BCUT2D eigenvalue weighted by Gasteiger charge is 2.22. The zero-order chi connectivity index (χ0) is 23.8. The first kappa shape index (κ1) is 21.7. The number of aromatic nitrogens is 4. The van der Waals surface area contributed by atoms with Crippen LogP contribution in [0.15, 0.2) is 76.4 Å². The quantitative estimate of drug-likeness (QED) is 0.117. The van der Waals surface area contributed by atoms with Crippen LogP contribution in [0.25, 0.3) is 38.3 Å². The predicted molar refractivity (Wildman–Crippen MR) is 136 cm³/mol.